The SMILES string of the molecule is N#Cc1ccccc1-c1ccccc1C#N. The predicted molar refractivity (Wildman–Crippen MR) is 61.3 cm³/mol. The summed E-state index contributed by atoms with van der Waals surface area (Å²) in [5.41, 5.74) is 2.79. The van der Waals surface area contributed by atoms with E-state index in [1.165, 1.54) is 0 Å². The van der Waals surface area contributed by atoms with E-state index < -0.39 is 0 Å². The van der Waals surface area contributed by atoms with Crippen LogP contribution in [0.4, 0.5) is 0 Å². The lowest BCUT2D eigenvalue weighted by Gasteiger charge is -2.05. The molecule has 0 aliphatic rings. The zero-order valence-corrected chi connectivity index (χ0v) is 8.51. The van der Waals surface area contributed by atoms with Crippen molar-refractivity contribution < 1.29 is 0 Å². The molecule has 0 atom stereocenters. The Labute approximate surface area is 94.0 Å². The fourth-order valence-corrected chi connectivity index (χ4v) is 1.63. The van der Waals surface area contributed by atoms with E-state index in [1.807, 2.05) is 36.4 Å². The minimum Gasteiger partial charge on any atom is -0.192 e. The van der Waals surface area contributed by atoms with Crippen LogP contribution in [0.2, 0.25) is 0 Å². The normalized spacial score (nSPS) is 9.12. The molecule has 16 heavy (non-hydrogen) atoms. The molecule has 0 unspecified atom stereocenters. The van der Waals surface area contributed by atoms with Gasteiger partial charge in [0, 0.05) is 11.1 Å². The summed E-state index contributed by atoms with van der Waals surface area (Å²) < 4.78 is 0. The van der Waals surface area contributed by atoms with Crippen LogP contribution in [0.15, 0.2) is 48.5 Å². The molecule has 0 fully saturated rings. The fourth-order valence-electron chi connectivity index (χ4n) is 1.63. The highest BCUT2D eigenvalue weighted by atomic mass is 14.3. The molecule has 74 valence electrons. The molecule has 0 radical (unpaired) electrons. The maximum absolute atomic E-state index is 9.01. The molecule has 0 heterocycles. The average molecular weight is 204 g/mol. The van der Waals surface area contributed by atoms with Crippen LogP contribution in [0.1, 0.15) is 11.1 Å². The summed E-state index contributed by atoms with van der Waals surface area (Å²) in [5.74, 6) is 0. The first-order chi connectivity index (χ1) is 7.86. The summed E-state index contributed by atoms with van der Waals surface area (Å²) in [6.07, 6.45) is 0. The van der Waals surface area contributed by atoms with E-state index in [4.69, 9.17) is 10.5 Å². The highest BCUT2D eigenvalue weighted by molar-refractivity contribution is 5.75. The van der Waals surface area contributed by atoms with Gasteiger partial charge in [-0.1, -0.05) is 36.4 Å². The Bertz CT molecular complexity index is 545. The summed E-state index contributed by atoms with van der Waals surface area (Å²) in [4.78, 5) is 0. The third-order valence-electron chi connectivity index (χ3n) is 2.39. The minimum atomic E-state index is 0.588. The molecule has 0 aliphatic carbocycles. The summed E-state index contributed by atoms with van der Waals surface area (Å²) in [5, 5.41) is 18.0. The highest BCUT2D eigenvalue weighted by Crippen LogP contribution is 2.25. The van der Waals surface area contributed by atoms with Crippen LogP contribution < -0.4 is 0 Å². The number of hydrogen-bond acceptors (Lipinski definition) is 2. The van der Waals surface area contributed by atoms with Gasteiger partial charge in [-0.15, -0.1) is 0 Å². The Kier molecular flexibility index (Phi) is 2.67. The molecule has 0 N–H and O–H groups in total. The smallest absolute Gasteiger partial charge is 0.0998 e. The Hall–Kier alpha value is -2.58. The van der Waals surface area contributed by atoms with E-state index in [1.54, 1.807) is 12.1 Å². The molecule has 0 aliphatic heterocycles. The van der Waals surface area contributed by atoms with E-state index in [0.29, 0.717) is 11.1 Å². The Balaban J connectivity index is 2.70. The maximum atomic E-state index is 9.01. The van der Waals surface area contributed by atoms with Gasteiger partial charge >= 0.3 is 0 Å². The van der Waals surface area contributed by atoms with E-state index in [0.717, 1.165) is 11.1 Å². The second-order valence-corrected chi connectivity index (χ2v) is 3.31. The summed E-state index contributed by atoms with van der Waals surface area (Å²) >= 11 is 0. The molecule has 0 aromatic heterocycles. The zero-order valence-electron chi connectivity index (χ0n) is 8.51. The van der Waals surface area contributed by atoms with Crippen LogP contribution in [0.3, 0.4) is 0 Å². The highest BCUT2D eigenvalue weighted by Gasteiger charge is 2.07. The van der Waals surface area contributed by atoms with Crippen LogP contribution in [0.5, 0.6) is 0 Å². The van der Waals surface area contributed by atoms with Crippen LogP contribution in [0, 0.1) is 22.7 Å². The van der Waals surface area contributed by atoms with Crippen molar-refractivity contribution >= 4 is 0 Å². The van der Waals surface area contributed by atoms with E-state index >= 15 is 0 Å². The summed E-state index contributed by atoms with van der Waals surface area (Å²) in [6.45, 7) is 0. The molecule has 2 nitrogen and oxygen atoms in total. The summed E-state index contributed by atoms with van der Waals surface area (Å²) in [6, 6.07) is 18.9. The van der Waals surface area contributed by atoms with Crippen molar-refractivity contribution in [3.8, 4) is 23.3 Å². The topological polar surface area (TPSA) is 47.6 Å². The Morgan fingerprint density at radius 3 is 1.38 bits per heavy atom. The van der Waals surface area contributed by atoms with Crippen LogP contribution in [-0.2, 0) is 0 Å². The van der Waals surface area contributed by atoms with Gasteiger partial charge in [0.2, 0.25) is 0 Å². The van der Waals surface area contributed by atoms with E-state index in [2.05, 4.69) is 12.1 Å². The van der Waals surface area contributed by atoms with Gasteiger partial charge in [0.1, 0.15) is 0 Å². The lowest BCUT2D eigenvalue weighted by molar-refractivity contribution is 1.45. The number of nitriles is 2. The predicted octanol–water partition coefficient (Wildman–Crippen LogP) is 3.10. The van der Waals surface area contributed by atoms with Crippen LogP contribution in [-0.4, -0.2) is 0 Å². The van der Waals surface area contributed by atoms with Crippen molar-refractivity contribution in [2.75, 3.05) is 0 Å². The lowest BCUT2D eigenvalue weighted by atomic mass is 9.96. The van der Waals surface area contributed by atoms with Crippen molar-refractivity contribution in [3.05, 3.63) is 59.7 Å². The lowest BCUT2D eigenvalue weighted by Crippen LogP contribution is -1.87. The van der Waals surface area contributed by atoms with Gasteiger partial charge in [0.25, 0.3) is 0 Å². The molecule has 2 aromatic carbocycles. The number of benzene rings is 2. The third-order valence-corrected chi connectivity index (χ3v) is 2.39. The zero-order chi connectivity index (χ0) is 11.4. The second kappa shape index (κ2) is 4.29. The van der Waals surface area contributed by atoms with Crippen molar-refractivity contribution in [2.24, 2.45) is 0 Å². The van der Waals surface area contributed by atoms with Gasteiger partial charge in [-0.05, 0) is 12.1 Å². The van der Waals surface area contributed by atoms with E-state index in [-0.39, 0.29) is 0 Å². The maximum Gasteiger partial charge on any atom is 0.0998 e. The van der Waals surface area contributed by atoms with Gasteiger partial charge < -0.3 is 0 Å². The summed E-state index contributed by atoms with van der Waals surface area (Å²) in [7, 11) is 0. The first-order valence-corrected chi connectivity index (χ1v) is 4.85. The molecule has 0 amide bonds. The van der Waals surface area contributed by atoms with Gasteiger partial charge in [0.05, 0.1) is 23.3 Å². The fraction of sp³-hybridized carbons (Fsp3) is 0. The number of hydrogen-bond donors (Lipinski definition) is 0. The van der Waals surface area contributed by atoms with Crippen molar-refractivity contribution in [2.45, 2.75) is 0 Å². The van der Waals surface area contributed by atoms with E-state index in [9.17, 15) is 0 Å². The Morgan fingerprint density at radius 2 is 1.00 bits per heavy atom. The third kappa shape index (κ3) is 1.65. The molecule has 2 heteroatoms. The van der Waals surface area contributed by atoms with Gasteiger partial charge in [-0.3, -0.25) is 0 Å². The first kappa shape index (κ1) is 9.96. The molecule has 0 saturated heterocycles. The molecular formula is C14H8N2. The quantitative estimate of drug-likeness (QED) is 0.716. The van der Waals surface area contributed by atoms with Crippen molar-refractivity contribution in [1.29, 1.82) is 10.5 Å². The van der Waals surface area contributed by atoms with Crippen molar-refractivity contribution in [1.82, 2.24) is 0 Å². The van der Waals surface area contributed by atoms with Crippen LogP contribution in [0.25, 0.3) is 11.1 Å². The monoisotopic (exact) mass is 204 g/mol. The minimum absolute atomic E-state index is 0.588. The largest absolute Gasteiger partial charge is 0.192 e. The Morgan fingerprint density at radius 1 is 0.625 bits per heavy atom. The average Bonchev–Trinajstić information content (AvgIpc) is 2.38. The molecule has 0 bridgehead atoms. The number of nitrogens with zero attached hydrogens (tertiary/aromatic N) is 2. The first-order valence-electron chi connectivity index (χ1n) is 4.85. The van der Waals surface area contributed by atoms with Gasteiger partial charge in [0.15, 0.2) is 0 Å². The molecule has 2 aromatic rings. The van der Waals surface area contributed by atoms with Gasteiger partial charge in [-0.25, -0.2) is 0 Å². The molecule has 2 rings (SSSR count). The molecule has 0 spiro atoms. The van der Waals surface area contributed by atoms with Gasteiger partial charge in [-0.2, -0.15) is 10.5 Å². The van der Waals surface area contributed by atoms with Crippen molar-refractivity contribution in [3.63, 3.8) is 0 Å². The molecular weight excluding hydrogens is 196 g/mol. The second-order valence-electron chi connectivity index (χ2n) is 3.31. The van der Waals surface area contributed by atoms with Crippen LogP contribution >= 0.6 is 0 Å². The standard InChI is InChI=1S/C14H8N2/c15-9-11-5-1-3-7-13(11)14-8-4-2-6-12(14)10-16/h1-8H. The molecule has 0 saturated carbocycles. The number of rotatable bonds is 1.